The number of aromatic nitrogens is 1. The number of carbonyl (C=O) groups is 16. The number of amides is 15. The van der Waals surface area contributed by atoms with Crippen LogP contribution in [-0.4, -0.2) is 264 Å². The molecule has 9 rings (SSSR count). The molecular weight excluding hydrogens is 1680 g/mol. The highest BCUT2D eigenvalue weighted by Gasteiger charge is 2.44. The van der Waals surface area contributed by atoms with Gasteiger partial charge in [0.25, 0.3) is 0 Å². The van der Waals surface area contributed by atoms with Crippen molar-refractivity contribution < 1.29 is 96.2 Å². The number of carboxylic acid groups (broad SMARTS) is 1. The van der Waals surface area contributed by atoms with Gasteiger partial charge in [-0.25, -0.2) is 0 Å². The number of phenolic OH excluding ortho intramolecular Hbond substituents is 2. The lowest BCUT2D eigenvalue weighted by molar-refractivity contribution is -0.151. The number of primary amides is 1. The molecule has 6 aromatic carbocycles. The summed E-state index contributed by atoms with van der Waals surface area (Å²) < 4.78 is 14.6. The summed E-state index contributed by atoms with van der Waals surface area (Å²) in [5.41, 5.74) is 8.84. The summed E-state index contributed by atoms with van der Waals surface area (Å²) in [5.74, 6) is -19.7. The maximum atomic E-state index is 15.5. The second-order valence-electron chi connectivity index (χ2n) is 33.2. The highest BCUT2D eigenvalue weighted by Crippen LogP contribution is 2.33. The monoisotopic (exact) mass is 1790 g/mol. The van der Waals surface area contributed by atoms with Crippen LogP contribution in [0.2, 0.25) is 0 Å². The molecule has 1 fully saturated rings. The predicted molar refractivity (Wildman–Crippen MR) is 477 cm³/mol. The van der Waals surface area contributed by atoms with E-state index in [-0.39, 0.29) is 68.6 Å². The summed E-state index contributed by atoms with van der Waals surface area (Å²) in [6.45, 7) is 5.84. The van der Waals surface area contributed by atoms with Gasteiger partial charge in [-0.05, 0) is 82.3 Å². The fourth-order valence-corrected chi connectivity index (χ4v) is 16.6. The van der Waals surface area contributed by atoms with E-state index in [0.29, 0.717) is 57.1 Å². The van der Waals surface area contributed by atoms with Gasteiger partial charge in [-0.1, -0.05) is 175 Å². The first-order valence-corrected chi connectivity index (χ1v) is 44.0. The number of para-hydroxylation sites is 1. The number of rotatable bonds is 21. The van der Waals surface area contributed by atoms with Crippen molar-refractivity contribution in [3.05, 3.63) is 197 Å². The van der Waals surface area contributed by atoms with Gasteiger partial charge in [-0.15, -0.1) is 0 Å². The molecular formula is C92H114N16O20S. The van der Waals surface area contributed by atoms with E-state index < -0.39 is 221 Å². The molecule has 7 aromatic rings. The minimum Gasteiger partial charge on any atom is -0.508 e. The third-order valence-corrected chi connectivity index (χ3v) is 23.7. The van der Waals surface area contributed by atoms with E-state index in [9.17, 15) is 57.9 Å². The van der Waals surface area contributed by atoms with Crippen molar-refractivity contribution in [1.82, 2.24) is 72.4 Å². The molecule has 1 aromatic heterocycles. The number of nitrogens with zero attached hydrogens (tertiary/aromatic N) is 5. The van der Waals surface area contributed by atoms with Crippen LogP contribution in [0, 0.1) is 11.8 Å². The minimum atomic E-state index is -2.46. The number of hydrogen-bond donors (Lipinski definition) is 14. The number of likely N-dealkylation sites (N-methyl/N-ethyl adjacent to an activating group) is 4. The van der Waals surface area contributed by atoms with Gasteiger partial charge in [-0.2, -0.15) is 0 Å². The van der Waals surface area contributed by atoms with Crippen molar-refractivity contribution >= 4 is 122 Å². The number of carboxylic acids is 1. The van der Waals surface area contributed by atoms with Gasteiger partial charge in [0.1, 0.15) is 90.3 Å². The number of carbonyl (C=O) groups excluding carboxylic acids is 15. The molecule has 15 N–H and O–H groups in total. The molecule has 688 valence electrons. The van der Waals surface area contributed by atoms with Crippen LogP contribution in [-0.2, 0) is 126 Å². The first-order chi connectivity index (χ1) is 61.4. The lowest BCUT2D eigenvalue weighted by atomic mass is 9.95. The second kappa shape index (κ2) is 46.6. The molecule has 0 aliphatic carbocycles. The van der Waals surface area contributed by atoms with Crippen LogP contribution in [0.25, 0.3) is 10.9 Å². The Balaban J connectivity index is 1.12. The molecule has 12 atom stereocenters. The van der Waals surface area contributed by atoms with E-state index in [2.05, 4.69) is 52.8 Å². The standard InChI is InChI=1S/C92H114N16O20S/c1-10-11-31-72-90(125)104(6)49-77(112)97-68(46-80(115)116)86(121)103-81(54(4)5)92(127)106(8)74(41-56-25-17-13-18-26-56)87(122)101-70-43-59-34-37-62(110)45-73(59)108(89(70)124)50-78(113)96-67(44-60-47-94-64-30-22-21-29-63(60)64)85(120)100-66(39-58-32-35-61(109)36-33-58)84(119)99-65(38-53(2)3)83(118)102-71(82(117)95-48-76(93)111)51-129(128)52-79(114)98-69(40-55-23-15-12-16-24-55)88(123)107(9)75(91(126)105(72)7)42-57-27-19-14-20-28-57/h12-30,32-37,45,47,53-54,65-72,74-75,81,94,109-110H,10-11,31,38-44,46,48-52H2,1-9H3,(H2,93,111)(H,95,117)(H,96,113)(H,97,112)(H,98,114)(H,99,119)(H,100,120)(H,101,122)(H,102,118)(H,103,121)(H,115,116)/t65-,66-,67-,68-,69-,70-,71-,72-,74-,75-,81-,129?/m0/s1. The van der Waals surface area contributed by atoms with Gasteiger partial charge < -0.3 is 98.4 Å². The van der Waals surface area contributed by atoms with E-state index in [1.807, 2.05) is 6.92 Å². The Morgan fingerprint density at radius 2 is 1.03 bits per heavy atom. The van der Waals surface area contributed by atoms with Crippen LogP contribution in [0.15, 0.2) is 164 Å². The van der Waals surface area contributed by atoms with Crippen molar-refractivity contribution in [2.75, 3.05) is 64.2 Å². The van der Waals surface area contributed by atoms with Gasteiger partial charge in [0.15, 0.2) is 0 Å². The number of aromatic hydroxyl groups is 2. The van der Waals surface area contributed by atoms with Crippen LogP contribution in [0.4, 0.5) is 5.69 Å². The van der Waals surface area contributed by atoms with Crippen molar-refractivity contribution in [1.29, 1.82) is 0 Å². The van der Waals surface area contributed by atoms with Gasteiger partial charge in [0.2, 0.25) is 88.6 Å². The molecule has 37 heteroatoms. The predicted octanol–water partition coefficient (Wildman–Crippen LogP) is 1.23. The highest BCUT2D eigenvalue weighted by molar-refractivity contribution is 7.85. The number of nitrogens with one attached hydrogen (secondary N) is 10. The summed E-state index contributed by atoms with van der Waals surface area (Å²) in [7, 11) is 2.71. The van der Waals surface area contributed by atoms with E-state index in [1.54, 1.807) is 149 Å². The Morgan fingerprint density at radius 1 is 0.512 bits per heavy atom. The van der Waals surface area contributed by atoms with Gasteiger partial charge in [0, 0.05) is 101 Å². The molecule has 0 saturated carbocycles. The first kappa shape index (κ1) is 98.9. The van der Waals surface area contributed by atoms with Crippen molar-refractivity contribution in [3.63, 3.8) is 0 Å². The zero-order chi connectivity index (χ0) is 94.0. The third-order valence-electron chi connectivity index (χ3n) is 22.4. The minimum absolute atomic E-state index is 0.00369. The molecule has 1 saturated heterocycles. The summed E-state index contributed by atoms with van der Waals surface area (Å²) in [6, 6.07) is 24.3. The average Bonchev–Trinajstić information content (AvgIpc) is 1.19. The Morgan fingerprint density at radius 3 is 1.64 bits per heavy atom. The Labute approximate surface area is 749 Å². The lowest BCUT2D eigenvalue weighted by Gasteiger charge is -2.37. The van der Waals surface area contributed by atoms with Gasteiger partial charge >= 0.3 is 5.97 Å². The number of aliphatic carboxylic acids is 1. The van der Waals surface area contributed by atoms with Gasteiger partial charge in [-0.3, -0.25) is 80.9 Å². The summed E-state index contributed by atoms with van der Waals surface area (Å²) >= 11 is 0. The Bertz CT molecular complexity index is 5240. The van der Waals surface area contributed by atoms with Gasteiger partial charge in [0.05, 0.1) is 31.0 Å². The van der Waals surface area contributed by atoms with E-state index in [4.69, 9.17) is 5.73 Å². The SMILES string of the molecule is CCCC[C@H]1C(=O)N(C)CC(=O)N[C@@H](CC(=O)O)C(=O)N[C@@H](C(C)C)C(=O)N(C)[C@@H](Cc2ccccc2)C(=O)N[C@H]2Cc3ccc(O)cc3N(CC(=O)N[C@@H](Cc3c[nH]c4ccccc34)C(=O)N[C@@H](Cc3ccc(O)cc3)C(=O)N[C@@H](CC(C)C)C(=O)N[C@H](C(=O)NCC(N)=O)CS(=O)CC(=O)N[C@@H](Cc3ccccc3)C(=O)N(C)[C@@H](Cc3ccccc3)C(=O)N1C)C2=O. The number of aromatic amines is 1. The van der Waals surface area contributed by atoms with Crippen LogP contribution < -0.4 is 58.5 Å². The molecule has 2 aliphatic rings. The zero-order valence-corrected chi connectivity index (χ0v) is 74.2. The molecule has 3 heterocycles. The van der Waals surface area contributed by atoms with Crippen LogP contribution in [0.3, 0.4) is 0 Å². The third kappa shape index (κ3) is 28.1. The fraction of sp³-hybridized carbons (Fsp3) is 0.413. The number of nitrogens with two attached hydrogens (primary N) is 1. The molecule has 1 unspecified atom stereocenters. The summed E-state index contributed by atoms with van der Waals surface area (Å²) in [6.07, 6.45) is -0.274. The topological polar surface area (TPSA) is 517 Å². The van der Waals surface area contributed by atoms with Crippen LogP contribution in [0.1, 0.15) is 100 Å². The summed E-state index contributed by atoms with van der Waals surface area (Å²) in [4.78, 5) is 244. The molecule has 0 radical (unpaired) electrons. The zero-order valence-electron chi connectivity index (χ0n) is 73.4. The lowest BCUT2D eigenvalue weighted by Crippen LogP contribution is -2.62. The molecule has 36 nitrogen and oxygen atoms in total. The number of fused-ring (bicyclic) bond motifs is 5. The number of phenols is 2. The normalized spacial score (nSPS) is 22.7. The number of benzene rings is 6. The van der Waals surface area contributed by atoms with Crippen molar-refractivity contribution in [2.24, 2.45) is 17.6 Å². The number of unbranched alkanes of at least 4 members (excludes halogenated alkanes) is 1. The maximum Gasteiger partial charge on any atom is 0.305 e. The van der Waals surface area contributed by atoms with E-state index in [0.717, 1.165) is 24.5 Å². The number of hydrogen-bond acceptors (Lipinski definition) is 19. The smallest absolute Gasteiger partial charge is 0.305 e. The highest BCUT2D eigenvalue weighted by atomic mass is 32.2. The quantitative estimate of drug-likeness (QED) is 0.0481. The van der Waals surface area contributed by atoms with Crippen LogP contribution >= 0.6 is 0 Å². The number of H-pyrrole nitrogens is 1. The molecule has 2 bridgehead atoms. The largest absolute Gasteiger partial charge is 0.508 e. The average molecular weight is 1800 g/mol. The Hall–Kier alpha value is -13.9. The second-order valence-corrected chi connectivity index (χ2v) is 34.7. The number of anilines is 1. The van der Waals surface area contributed by atoms with E-state index >= 15 is 38.4 Å². The molecule has 129 heavy (non-hydrogen) atoms. The maximum absolute atomic E-state index is 15.5. The molecule has 0 spiro atoms. The molecule has 2 aliphatic heterocycles. The Kier molecular flexibility index (Phi) is 35.7. The first-order valence-electron chi connectivity index (χ1n) is 42.5. The summed E-state index contributed by atoms with van der Waals surface area (Å²) in [5, 5.41) is 55.7. The van der Waals surface area contributed by atoms with Crippen molar-refractivity contribution in [3.8, 4) is 11.5 Å². The van der Waals surface area contributed by atoms with Crippen LogP contribution in [0.5, 0.6) is 11.5 Å². The van der Waals surface area contributed by atoms with E-state index in [1.165, 1.54) is 70.7 Å². The fourth-order valence-electron chi connectivity index (χ4n) is 15.5. The van der Waals surface area contributed by atoms with Crippen molar-refractivity contribution in [2.45, 2.75) is 172 Å². The molecule has 15 amide bonds.